The topological polar surface area (TPSA) is 0 Å². The number of hydrogen-bond acceptors (Lipinski definition) is 0. The minimum atomic E-state index is 0.682. The molecule has 70 valence electrons. The third-order valence-corrected chi connectivity index (χ3v) is 4.02. The minimum Gasteiger partial charge on any atom is -0.0884 e. The zero-order chi connectivity index (χ0) is 9.26. The molecule has 2 rings (SSSR count). The first-order valence-corrected chi connectivity index (χ1v) is 6.35. The van der Waals surface area contributed by atoms with E-state index >= 15 is 0 Å². The quantitative estimate of drug-likeness (QED) is 0.735. The summed E-state index contributed by atoms with van der Waals surface area (Å²) in [4.78, 5) is 0.682. The van der Waals surface area contributed by atoms with Gasteiger partial charge in [-0.3, -0.25) is 0 Å². The fourth-order valence-electron chi connectivity index (χ4n) is 1.51. The Kier molecular flexibility index (Phi) is 3.10. The predicted molar refractivity (Wildman–Crippen MR) is 63.3 cm³/mol. The number of rotatable bonds is 3. The van der Waals surface area contributed by atoms with Crippen molar-refractivity contribution in [3.63, 3.8) is 0 Å². The van der Waals surface area contributed by atoms with Crippen LogP contribution < -0.4 is 0 Å². The molecule has 0 radical (unpaired) electrons. The molecule has 0 aromatic heterocycles. The third kappa shape index (κ3) is 2.81. The Balaban J connectivity index is 2.00. The van der Waals surface area contributed by atoms with Crippen molar-refractivity contribution < 1.29 is 0 Å². The van der Waals surface area contributed by atoms with E-state index in [-0.39, 0.29) is 0 Å². The molecule has 0 N–H and O–H groups in total. The molecule has 0 bridgehead atoms. The van der Waals surface area contributed by atoms with Gasteiger partial charge in [0, 0.05) is 9.30 Å². The maximum atomic E-state index is 3.75. The normalized spacial score (nSPS) is 18.6. The standard InChI is InChI=1S/C11H12Br2/c12-10-3-1-2-8(6-10)7-11(13)9-4-5-9/h1-3,6,9,11H,4-5,7H2. The van der Waals surface area contributed by atoms with Crippen molar-refractivity contribution in [2.45, 2.75) is 24.1 Å². The average Bonchev–Trinajstić information content (AvgIpc) is 2.85. The Hall–Kier alpha value is 0.180. The highest BCUT2D eigenvalue weighted by Gasteiger charge is 2.29. The van der Waals surface area contributed by atoms with E-state index in [2.05, 4.69) is 56.1 Å². The highest BCUT2D eigenvalue weighted by molar-refractivity contribution is 9.10. The zero-order valence-electron chi connectivity index (χ0n) is 7.34. The molecule has 1 aromatic carbocycles. The van der Waals surface area contributed by atoms with Gasteiger partial charge in [-0.2, -0.15) is 0 Å². The Labute approximate surface area is 96.0 Å². The summed E-state index contributed by atoms with van der Waals surface area (Å²) in [6.45, 7) is 0. The summed E-state index contributed by atoms with van der Waals surface area (Å²) in [6, 6.07) is 8.58. The molecule has 13 heavy (non-hydrogen) atoms. The molecule has 1 atom stereocenters. The van der Waals surface area contributed by atoms with Gasteiger partial charge in [0.05, 0.1) is 0 Å². The second-order valence-electron chi connectivity index (χ2n) is 3.69. The van der Waals surface area contributed by atoms with Crippen LogP contribution >= 0.6 is 31.9 Å². The van der Waals surface area contributed by atoms with E-state index in [1.807, 2.05) is 0 Å². The lowest BCUT2D eigenvalue weighted by molar-refractivity contribution is 0.760. The Morgan fingerprint density at radius 2 is 2.15 bits per heavy atom. The zero-order valence-corrected chi connectivity index (χ0v) is 10.5. The Morgan fingerprint density at radius 1 is 1.38 bits per heavy atom. The monoisotopic (exact) mass is 302 g/mol. The summed E-state index contributed by atoms with van der Waals surface area (Å²) in [6.07, 6.45) is 3.97. The fraction of sp³-hybridized carbons (Fsp3) is 0.455. The first-order valence-electron chi connectivity index (χ1n) is 4.64. The summed E-state index contributed by atoms with van der Waals surface area (Å²) in [7, 11) is 0. The van der Waals surface area contributed by atoms with Crippen LogP contribution in [-0.4, -0.2) is 4.83 Å². The largest absolute Gasteiger partial charge is 0.0884 e. The van der Waals surface area contributed by atoms with Crippen LogP contribution in [-0.2, 0) is 6.42 Å². The highest BCUT2D eigenvalue weighted by Crippen LogP contribution is 2.38. The predicted octanol–water partition coefficient (Wildman–Crippen LogP) is 4.17. The molecule has 1 unspecified atom stereocenters. The van der Waals surface area contributed by atoms with Crippen LogP contribution in [0.25, 0.3) is 0 Å². The molecule has 1 saturated carbocycles. The van der Waals surface area contributed by atoms with E-state index in [0.29, 0.717) is 4.83 Å². The van der Waals surface area contributed by atoms with Crippen molar-refractivity contribution in [1.29, 1.82) is 0 Å². The van der Waals surface area contributed by atoms with Gasteiger partial charge in [-0.15, -0.1) is 0 Å². The van der Waals surface area contributed by atoms with Crippen LogP contribution in [0.2, 0.25) is 0 Å². The first-order chi connectivity index (χ1) is 6.25. The van der Waals surface area contributed by atoms with E-state index in [1.54, 1.807) is 0 Å². The fourth-order valence-corrected chi connectivity index (χ4v) is 2.86. The van der Waals surface area contributed by atoms with Crippen LogP contribution in [0.4, 0.5) is 0 Å². The molecule has 0 heterocycles. The van der Waals surface area contributed by atoms with E-state index < -0.39 is 0 Å². The maximum absolute atomic E-state index is 3.75. The van der Waals surface area contributed by atoms with Gasteiger partial charge in [0.1, 0.15) is 0 Å². The van der Waals surface area contributed by atoms with Crippen molar-refractivity contribution in [1.82, 2.24) is 0 Å². The number of halogens is 2. The molecular formula is C11H12Br2. The molecule has 1 aromatic rings. The van der Waals surface area contributed by atoms with Gasteiger partial charge in [-0.05, 0) is 42.9 Å². The molecule has 1 aliphatic rings. The molecule has 0 amide bonds. The summed E-state index contributed by atoms with van der Waals surface area (Å²) >= 11 is 7.24. The molecule has 0 spiro atoms. The van der Waals surface area contributed by atoms with E-state index in [4.69, 9.17) is 0 Å². The van der Waals surface area contributed by atoms with Gasteiger partial charge in [0.25, 0.3) is 0 Å². The Bertz CT molecular complexity index is 292. The Morgan fingerprint density at radius 3 is 2.77 bits per heavy atom. The second kappa shape index (κ2) is 4.14. The van der Waals surface area contributed by atoms with Crippen LogP contribution in [0, 0.1) is 5.92 Å². The molecule has 0 saturated heterocycles. The SMILES string of the molecule is Brc1cccc(CC(Br)C2CC2)c1. The summed E-state index contributed by atoms with van der Waals surface area (Å²) in [5.41, 5.74) is 1.42. The van der Waals surface area contributed by atoms with Gasteiger partial charge < -0.3 is 0 Å². The molecule has 1 fully saturated rings. The van der Waals surface area contributed by atoms with Gasteiger partial charge in [0.15, 0.2) is 0 Å². The maximum Gasteiger partial charge on any atom is 0.0214 e. The third-order valence-electron chi connectivity index (χ3n) is 2.45. The van der Waals surface area contributed by atoms with Gasteiger partial charge >= 0.3 is 0 Å². The second-order valence-corrected chi connectivity index (χ2v) is 5.78. The highest BCUT2D eigenvalue weighted by atomic mass is 79.9. The van der Waals surface area contributed by atoms with Crippen molar-refractivity contribution >= 4 is 31.9 Å². The molecular weight excluding hydrogens is 292 g/mol. The number of benzene rings is 1. The van der Waals surface area contributed by atoms with Crippen LogP contribution in [0.1, 0.15) is 18.4 Å². The van der Waals surface area contributed by atoms with Crippen molar-refractivity contribution in [2.24, 2.45) is 5.92 Å². The number of alkyl halides is 1. The van der Waals surface area contributed by atoms with E-state index in [1.165, 1.54) is 22.9 Å². The molecule has 0 nitrogen and oxygen atoms in total. The summed E-state index contributed by atoms with van der Waals surface area (Å²) in [5.74, 6) is 0.930. The van der Waals surface area contributed by atoms with Gasteiger partial charge in [-0.1, -0.05) is 44.0 Å². The van der Waals surface area contributed by atoms with Gasteiger partial charge in [0.2, 0.25) is 0 Å². The summed E-state index contributed by atoms with van der Waals surface area (Å²) in [5, 5.41) is 0. The van der Waals surface area contributed by atoms with Gasteiger partial charge in [-0.25, -0.2) is 0 Å². The minimum absolute atomic E-state index is 0.682. The van der Waals surface area contributed by atoms with E-state index in [9.17, 15) is 0 Å². The molecule has 0 aliphatic heterocycles. The molecule has 1 aliphatic carbocycles. The average molecular weight is 304 g/mol. The van der Waals surface area contributed by atoms with Crippen molar-refractivity contribution in [3.8, 4) is 0 Å². The number of hydrogen-bond donors (Lipinski definition) is 0. The smallest absolute Gasteiger partial charge is 0.0214 e. The van der Waals surface area contributed by atoms with Crippen LogP contribution in [0.3, 0.4) is 0 Å². The van der Waals surface area contributed by atoms with Crippen molar-refractivity contribution in [3.05, 3.63) is 34.3 Å². The lowest BCUT2D eigenvalue weighted by Crippen LogP contribution is -2.04. The van der Waals surface area contributed by atoms with Crippen LogP contribution in [0.5, 0.6) is 0 Å². The van der Waals surface area contributed by atoms with E-state index in [0.717, 1.165) is 12.3 Å². The summed E-state index contributed by atoms with van der Waals surface area (Å²) < 4.78 is 1.18. The van der Waals surface area contributed by atoms with Crippen LogP contribution in [0.15, 0.2) is 28.7 Å². The lowest BCUT2D eigenvalue weighted by Gasteiger charge is -2.07. The lowest BCUT2D eigenvalue weighted by atomic mass is 10.1. The first kappa shape index (κ1) is 9.72. The van der Waals surface area contributed by atoms with Crippen molar-refractivity contribution in [2.75, 3.05) is 0 Å². The molecule has 2 heteroatoms.